The van der Waals surface area contributed by atoms with Gasteiger partial charge in [0.1, 0.15) is 11.3 Å². The van der Waals surface area contributed by atoms with Crippen molar-refractivity contribution in [3.05, 3.63) is 48.3 Å². The molecule has 3 rings (SSSR count). The fourth-order valence-corrected chi connectivity index (χ4v) is 1.81. The highest BCUT2D eigenvalue weighted by atomic mass is 19.1. The number of anilines is 1. The summed E-state index contributed by atoms with van der Waals surface area (Å²) >= 11 is 0. The molecule has 2 aromatic carbocycles. The molecule has 0 atom stereocenters. The zero-order valence-corrected chi connectivity index (χ0v) is 8.85. The predicted octanol–water partition coefficient (Wildman–Crippen LogP) is 3.22. The van der Waals surface area contributed by atoms with Crippen molar-refractivity contribution in [2.75, 3.05) is 5.73 Å². The zero-order valence-electron chi connectivity index (χ0n) is 8.85. The molecule has 1 aromatic heterocycles. The van der Waals surface area contributed by atoms with Crippen molar-refractivity contribution in [3.63, 3.8) is 0 Å². The highest BCUT2D eigenvalue weighted by molar-refractivity contribution is 5.81. The van der Waals surface area contributed by atoms with Gasteiger partial charge in [0.15, 0.2) is 5.58 Å². The molecular formula is C13H9FN2O. The number of benzene rings is 2. The average molecular weight is 228 g/mol. The minimum absolute atomic E-state index is 0.116. The van der Waals surface area contributed by atoms with E-state index >= 15 is 0 Å². The first-order valence-electron chi connectivity index (χ1n) is 5.15. The summed E-state index contributed by atoms with van der Waals surface area (Å²) in [5, 5.41) is 0. The second kappa shape index (κ2) is 3.59. The maximum absolute atomic E-state index is 13.6. The van der Waals surface area contributed by atoms with Crippen molar-refractivity contribution in [1.29, 1.82) is 0 Å². The molecular weight excluding hydrogens is 219 g/mol. The normalized spacial score (nSPS) is 10.9. The van der Waals surface area contributed by atoms with Crippen molar-refractivity contribution in [2.45, 2.75) is 0 Å². The van der Waals surface area contributed by atoms with Crippen LogP contribution in [-0.2, 0) is 0 Å². The molecule has 17 heavy (non-hydrogen) atoms. The Morgan fingerprint density at radius 1 is 1.12 bits per heavy atom. The number of halogens is 1. The Balaban J connectivity index is 2.21. The fourth-order valence-electron chi connectivity index (χ4n) is 1.81. The van der Waals surface area contributed by atoms with Gasteiger partial charge in [-0.1, -0.05) is 24.3 Å². The smallest absolute Gasteiger partial charge is 0.292 e. The Bertz CT molecular complexity index is 691. The van der Waals surface area contributed by atoms with Crippen molar-refractivity contribution >= 4 is 17.1 Å². The van der Waals surface area contributed by atoms with Gasteiger partial charge in [-0.15, -0.1) is 0 Å². The third-order valence-corrected chi connectivity index (χ3v) is 2.59. The molecule has 0 saturated heterocycles. The second-order valence-corrected chi connectivity index (χ2v) is 3.71. The first kappa shape index (κ1) is 9.84. The van der Waals surface area contributed by atoms with Crippen LogP contribution in [0, 0.1) is 5.82 Å². The lowest BCUT2D eigenvalue weighted by atomic mass is 10.0. The Hall–Kier alpha value is -2.36. The van der Waals surface area contributed by atoms with E-state index < -0.39 is 0 Å². The van der Waals surface area contributed by atoms with Crippen LogP contribution in [0.25, 0.3) is 22.2 Å². The predicted molar refractivity (Wildman–Crippen MR) is 63.8 cm³/mol. The molecule has 0 radical (unpaired) electrons. The van der Waals surface area contributed by atoms with E-state index in [0.717, 1.165) is 5.56 Å². The van der Waals surface area contributed by atoms with E-state index in [1.165, 1.54) is 6.07 Å². The molecule has 3 nitrogen and oxygen atoms in total. The van der Waals surface area contributed by atoms with E-state index in [1.807, 2.05) is 0 Å². The molecule has 0 fully saturated rings. The number of nitrogen functional groups attached to an aromatic ring is 1. The van der Waals surface area contributed by atoms with Gasteiger partial charge in [-0.25, -0.2) is 4.39 Å². The van der Waals surface area contributed by atoms with E-state index in [1.54, 1.807) is 36.4 Å². The molecule has 1 heterocycles. The molecule has 0 aliphatic rings. The minimum Gasteiger partial charge on any atom is -0.424 e. The molecule has 2 N–H and O–H groups in total. The van der Waals surface area contributed by atoms with E-state index in [0.29, 0.717) is 16.7 Å². The second-order valence-electron chi connectivity index (χ2n) is 3.71. The number of oxazole rings is 1. The van der Waals surface area contributed by atoms with Gasteiger partial charge in [0.2, 0.25) is 0 Å². The molecule has 0 aliphatic heterocycles. The standard InChI is InChI=1S/C13H9FN2O/c14-10-4-2-1-3-9(10)8-5-6-12-11(7-8)16-13(15)17-12/h1-7H,(H2,15,16). The van der Waals surface area contributed by atoms with E-state index in [2.05, 4.69) is 4.98 Å². The summed E-state index contributed by atoms with van der Waals surface area (Å²) in [6.45, 7) is 0. The van der Waals surface area contributed by atoms with Crippen LogP contribution in [-0.4, -0.2) is 4.98 Å². The van der Waals surface area contributed by atoms with E-state index in [-0.39, 0.29) is 11.8 Å². The van der Waals surface area contributed by atoms with Crippen LogP contribution in [0.4, 0.5) is 10.4 Å². The maximum atomic E-state index is 13.6. The van der Waals surface area contributed by atoms with Crippen LogP contribution in [0.15, 0.2) is 46.9 Å². The summed E-state index contributed by atoms with van der Waals surface area (Å²) < 4.78 is 18.8. The summed E-state index contributed by atoms with van der Waals surface area (Å²) in [4.78, 5) is 4.02. The molecule has 0 unspecified atom stereocenters. The molecule has 0 amide bonds. The topological polar surface area (TPSA) is 52.0 Å². The summed E-state index contributed by atoms with van der Waals surface area (Å²) in [7, 11) is 0. The fraction of sp³-hybridized carbons (Fsp3) is 0. The largest absolute Gasteiger partial charge is 0.424 e. The summed E-state index contributed by atoms with van der Waals surface area (Å²) in [5.41, 5.74) is 7.98. The number of rotatable bonds is 1. The van der Waals surface area contributed by atoms with Crippen LogP contribution in [0.1, 0.15) is 0 Å². The van der Waals surface area contributed by atoms with Crippen molar-refractivity contribution in [2.24, 2.45) is 0 Å². The van der Waals surface area contributed by atoms with Crippen molar-refractivity contribution in [3.8, 4) is 11.1 Å². The van der Waals surface area contributed by atoms with Crippen LogP contribution in [0.2, 0.25) is 0 Å². The Morgan fingerprint density at radius 3 is 2.76 bits per heavy atom. The van der Waals surface area contributed by atoms with Crippen molar-refractivity contribution in [1.82, 2.24) is 4.98 Å². The van der Waals surface area contributed by atoms with Gasteiger partial charge >= 0.3 is 0 Å². The SMILES string of the molecule is Nc1nc2cc(-c3ccccc3F)ccc2o1. The third-order valence-electron chi connectivity index (χ3n) is 2.59. The van der Waals surface area contributed by atoms with E-state index in [4.69, 9.17) is 10.2 Å². The van der Waals surface area contributed by atoms with Crippen LogP contribution in [0.5, 0.6) is 0 Å². The summed E-state index contributed by atoms with van der Waals surface area (Å²) in [5.74, 6) is -0.261. The molecule has 4 heteroatoms. The van der Waals surface area contributed by atoms with Gasteiger partial charge in [-0.2, -0.15) is 4.98 Å². The Morgan fingerprint density at radius 2 is 1.94 bits per heavy atom. The minimum atomic E-state index is -0.261. The lowest BCUT2D eigenvalue weighted by Crippen LogP contribution is -1.83. The lowest BCUT2D eigenvalue weighted by Gasteiger charge is -2.02. The molecule has 3 aromatic rings. The number of hydrogen-bond donors (Lipinski definition) is 1. The quantitative estimate of drug-likeness (QED) is 0.695. The number of fused-ring (bicyclic) bond motifs is 1. The third kappa shape index (κ3) is 1.63. The van der Waals surface area contributed by atoms with Gasteiger partial charge in [-0.05, 0) is 23.8 Å². The lowest BCUT2D eigenvalue weighted by molar-refractivity contribution is 0.626. The van der Waals surface area contributed by atoms with Crippen LogP contribution >= 0.6 is 0 Å². The molecule has 0 spiro atoms. The highest BCUT2D eigenvalue weighted by Gasteiger charge is 2.07. The highest BCUT2D eigenvalue weighted by Crippen LogP contribution is 2.26. The maximum Gasteiger partial charge on any atom is 0.292 e. The average Bonchev–Trinajstić information content (AvgIpc) is 2.68. The van der Waals surface area contributed by atoms with Gasteiger partial charge in [0.25, 0.3) is 6.01 Å². The van der Waals surface area contributed by atoms with Gasteiger partial charge in [-0.3, -0.25) is 0 Å². The summed E-state index contributed by atoms with van der Waals surface area (Å²) in [6, 6.07) is 12.0. The summed E-state index contributed by atoms with van der Waals surface area (Å²) in [6.07, 6.45) is 0. The van der Waals surface area contributed by atoms with Gasteiger partial charge in [0.05, 0.1) is 0 Å². The van der Waals surface area contributed by atoms with Crippen molar-refractivity contribution < 1.29 is 8.81 Å². The first-order chi connectivity index (χ1) is 8.24. The number of nitrogens with zero attached hydrogens (tertiary/aromatic N) is 1. The molecule has 0 aliphatic carbocycles. The van der Waals surface area contributed by atoms with E-state index in [9.17, 15) is 4.39 Å². The Kier molecular flexibility index (Phi) is 2.08. The number of aromatic nitrogens is 1. The first-order valence-corrected chi connectivity index (χ1v) is 5.15. The van der Waals surface area contributed by atoms with Gasteiger partial charge in [0, 0.05) is 5.56 Å². The van der Waals surface area contributed by atoms with Crippen LogP contribution in [0.3, 0.4) is 0 Å². The number of hydrogen-bond acceptors (Lipinski definition) is 3. The molecule has 0 saturated carbocycles. The molecule has 84 valence electrons. The monoisotopic (exact) mass is 228 g/mol. The number of nitrogens with two attached hydrogens (primary N) is 1. The van der Waals surface area contributed by atoms with Gasteiger partial charge < -0.3 is 10.2 Å². The zero-order chi connectivity index (χ0) is 11.8. The molecule has 0 bridgehead atoms. The van der Waals surface area contributed by atoms with Crippen LogP contribution < -0.4 is 5.73 Å². The Labute approximate surface area is 96.7 Å².